The summed E-state index contributed by atoms with van der Waals surface area (Å²) >= 11 is 1.41. The van der Waals surface area contributed by atoms with Crippen LogP contribution in [0, 0.1) is 6.92 Å². The van der Waals surface area contributed by atoms with Gasteiger partial charge >= 0.3 is 0 Å². The molecule has 2 aromatic carbocycles. The molecule has 7 nitrogen and oxygen atoms in total. The molecule has 5 rings (SSSR count). The Morgan fingerprint density at radius 3 is 2.69 bits per heavy atom. The molecular formula is C24H22N4O3S. The van der Waals surface area contributed by atoms with Crippen LogP contribution in [0.4, 0.5) is 11.4 Å². The van der Waals surface area contributed by atoms with E-state index in [9.17, 15) is 9.59 Å². The Bertz CT molecular complexity index is 1330. The summed E-state index contributed by atoms with van der Waals surface area (Å²) in [5.41, 5.74) is 3.17. The van der Waals surface area contributed by atoms with Crippen molar-refractivity contribution in [2.24, 2.45) is 0 Å². The minimum absolute atomic E-state index is 0.0909. The quantitative estimate of drug-likeness (QED) is 0.479. The number of hydrogen-bond acceptors (Lipinski definition) is 5. The fourth-order valence-electron chi connectivity index (χ4n) is 3.98. The first-order chi connectivity index (χ1) is 15.5. The zero-order valence-electron chi connectivity index (χ0n) is 17.8. The summed E-state index contributed by atoms with van der Waals surface area (Å²) in [6.45, 7) is 2.62. The van der Waals surface area contributed by atoms with Crippen molar-refractivity contribution >= 4 is 44.7 Å². The van der Waals surface area contributed by atoms with Crippen molar-refractivity contribution < 1.29 is 14.3 Å². The maximum Gasteiger partial charge on any atom is 0.265 e. The van der Waals surface area contributed by atoms with E-state index >= 15 is 0 Å². The SMILES string of the molecule is COc1cc(NC(=O)c2cc3c(C)nn(-c4ccccc4)c3s2)ccc1N1CCCC1=O. The van der Waals surface area contributed by atoms with Gasteiger partial charge in [-0.3, -0.25) is 9.59 Å². The number of methoxy groups -OCH3 is 1. The molecule has 3 heterocycles. The molecule has 1 saturated heterocycles. The molecule has 162 valence electrons. The number of fused-ring (bicyclic) bond motifs is 1. The van der Waals surface area contributed by atoms with Crippen LogP contribution in [-0.4, -0.2) is 35.2 Å². The normalized spacial score (nSPS) is 13.7. The van der Waals surface area contributed by atoms with Crippen LogP contribution >= 0.6 is 11.3 Å². The average Bonchev–Trinajstić information content (AvgIpc) is 3.51. The number of benzene rings is 2. The van der Waals surface area contributed by atoms with Crippen LogP contribution in [0.1, 0.15) is 28.2 Å². The summed E-state index contributed by atoms with van der Waals surface area (Å²) in [4.78, 5) is 28.4. The van der Waals surface area contributed by atoms with E-state index in [0.717, 1.165) is 33.7 Å². The molecule has 0 unspecified atom stereocenters. The first-order valence-corrected chi connectivity index (χ1v) is 11.2. The number of aromatic nitrogens is 2. The van der Waals surface area contributed by atoms with E-state index in [1.165, 1.54) is 11.3 Å². The number of hydrogen-bond donors (Lipinski definition) is 1. The van der Waals surface area contributed by atoms with E-state index in [4.69, 9.17) is 4.74 Å². The van der Waals surface area contributed by atoms with E-state index in [1.54, 1.807) is 24.1 Å². The summed E-state index contributed by atoms with van der Waals surface area (Å²) in [5.74, 6) is 0.454. The third-order valence-electron chi connectivity index (χ3n) is 5.57. The summed E-state index contributed by atoms with van der Waals surface area (Å²) in [6.07, 6.45) is 1.39. The van der Waals surface area contributed by atoms with Crippen molar-refractivity contribution in [3.63, 3.8) is 0 Å². The maximum atomic E-state index is 13.0. The molecule has 0 aliphatic carbocycles. The minimum atomic E-state index is -0.197. The van der Waals surface area contributed by atoms with E-state index in [0.29, 0.717) is 29.3 Å². The second-order valence-corrected chi connectivity index (χ2v) is 8.68. The molecule has 8 heteroatoms. The lowest BCUT2D eigenvalue weighted by Crippen LogP contribution is -2.24. The number of anilines is 2. The van der Waals surface area contributed by atoms with E-state index in [-0.39, 0.29) is 11.8 Å². The number of nitrogens with zero attached hydrogens (tertiary/aromatic N) is 3. The highest BCUT2D eigenvalue weighted by molar-refractivity contribution is 7.20. The third kappa shape index (κ3) is 3.52. The Labute approximate surface area is 189 Å². The van der Waals surface area contributed by atoms with Crippen molar-refractivity contribution in [1.82, 2.24) is 9.78 Å². The number of thiophene rings is 1. The van der Waals surface area contributed by atoms with Crippen LogP contribution < -0.4 is 15.0 Å². The molecule has 2 aromatic heterocycles. The number of aryl methyl sites for hydroxylation is 1. The number of rotatable bonds is 5. The van der Waals surface area contributed by atoms with Crippen molar-refractivity contribution in [3.8, 4) is 11.4 Å². The number of amides is 2. The second kappa shape index (κ2) is 8.12. The zero-order chi connectivity index (χ0) is 22.2. The molecule has 1 aliphatic heterocycles. The van der Waals surface area contributed by atoms with Gasteiger partial charge in [0.1, 0.15) is 10.6 Å². The topological polar surface area (TPSA) is 76.5 Å². The maximum absolute atomic E-state index is 13.0. The van der Waals surface area contributed by atoms with Crippen LogP contribution in [0.25, 0.3) is 15.9 Å². The highest BCUT2D eigenvalue weighted by atomic mass is 32.1. The molecule has 32 heavy (non-hydrogen) atoms. The first kappa shape index (κ1) is 20.3. The van der Waals surface area contributed by atoms with E-state index < -0.39 is 0 Å². The third-order valence-corrected chi connectivity index (χ3v) is 6.68. The van der Waals surface area contributed by atoms with E-state index in [2.05, 4.69) is 10.4 Å². The summed E-state index contributed by atoms with van der Waals surface area (Å²) in [7, 11) is 1.56. The van der Waals surface area contributed by atoms with Crippen molar-refractivity contribution in [1.29, 1.82) is 0 Å². The van der Waals surface area contributed by atoms with Crippen LogP contribution in [0.3, 0.4) is 0 Å². The van der Waals surface area contributed by atoms with Gasteiger partial charge in [-0.1, -0.05) is 18.2 Å². The predicted molar refractivity (Wildman–Crippen MR) is 126 cm³/mol. The van der Waals surface area contributed by atoms with Gasteiger partial charge in [-0.15, -0.1) is 11.3 Å². The van der Waals surface area contributed by atoms with Gasteiger partial charge in [0.25, 0.3) is 5.91 Å². The molecule has 0 bridgehead atoms. The number of nitrogens with one attached hydrogen (secondary N) is 1. The van der Waals surface area contributed by atoms with Crippen molar-refractivity contribution in [3.05, 3.63) is 65.2 Å². The number of carbonyl (C=O) groups is 2. The van der Waals surface area contributed by atoms with Crippen LogP contribution in [0.5, 0.6) is 5.75 Å². The highest BCUT2D eigenvalue weighted by Crippen LogP contribution is 2.35. The van der Waals surface area contributed by atoms with Crippen LogP contribution in [0.2, 0.25) is 0 Å². The van der Waals surface area contributed by atoms with Crippen molar-refractivity contribution in [2.45, 2.75) is 19.8 Å². The summed E-state index contributed by atoms with van der Waals surface area (Å²) in [5, 5.41) is 8.54. The summed E-state index contributed by atoms with van der Waals surface area (Å²) in [6, 6.07) is 17.1. The lowest BCUT2D eigenvalue weighted by molar-refractivity contribution is -0.117. The number of para-hydroxylation sites is 1. The Morgan fingerprint density at radius 2 is 1.97 bits per heavy atom. The van der Waals surface area contributed by atoms with Gasteiger partial charge in [0.15, 0.2) is 0 Å². The fourth-order valence-corrected chi connectivity index (χ4v) is 5.06. The molecule has 1 fully saturated rings. The zero-order valence-corrected chi connectivity index (χ0v) is 18.6. The lowest BCUT2D eigenvalue weighted by Gasteiger charge is -2.19. The molecule has 0 radical (unpaired) electrons. The van der Waals surface area contributed by atoms with Crippen LogP contribution in [-0.2, 0) is 4.79 Å². The van der Waals surface area contributed by atoms with E-state index in [1.807, 2.05) is 54.1 Å². The first-order valence-electron chi connectivity index (χ1n) is 10.4. The largest absolute Gasteiger partial charge is 0.494 e. The molecule has 0 atom stereocenters. The highest BCUT2D eigenvalue weighted by Gasteiger charge is 2.25. The molecule has 1 N–H and O–H groups in total. The lowest BCUT2D eigenvalue weighted by atomic mass is 10.2. The van der Waals surface area contributed by atoms with Gasteiger partial charge < -0.3 is 15.0 Å². The molecule has 4 aromatic rings. The van der Waals surface area contributed by atoms with Gasteiger partial charge in [0, 0.05) is 30.1 Å². The monoisotopic (exact) mass is 446 g/mol. The van der Waals surface area contributed by atoms with Gasteiger partial charge in [-0.25, -0.2) is 4.68 Å². The molecule has 1 aliphatic rings. The Hall–Kier alpha value is -3.65. The van der Waals surface area contributed by atoms with Gasteiger partial charge in [0.2, 0.25) is 5.91 Å². The Kier molecular flexibility index (Phi) is 5.14. The minimum Gasteiger partial charge on any atom is -0.494 e. The molecule has 0 saturated carbocycles. The van der Waals surface area contributed by atoms with Gasteiger partial charge in [-0.05, 0) is 43.7 Å². The van der Waals surface area contributed by atoms with Gasteiger partial charge in [-0.2, -0.15) is 5.10 Å². The summed E-state index contributed by atoms with van der Waals surface area (Å²) < 4.78 is 7.37. The molecular weight excluding hydrogens is 424 g/mol. The Morgan fingerprint density at radius 1 is 1.16 bits per heavy atom. The number of ether oxygens (including phenoxy) is 1. The predicted octanol–water partition coefficient (Wildman–Crippen LogP) is 4.78. The average molecular weight is 447 g/mol. The van der Waals surface area contributed by atoms with Gasteiger partial charge in [0.05, 0.1) is 29.1 Å². The second-order valence-electron chi connectivity index (χ2n) is 7.65. The van der Waals surface area contributed by atoms with Crippen LogP contribution in [0.15, 0.2) is 54.6 Å². The molecule has 2 amide bonds. The standard InChI is InChI=1S/C24H22N4O3S/c1-15-18-14-21(32-24(18)28(26-15)17-7-4-3-5-8-17)23(30)25-16-10-11-19(20(13-16)31-2)27-12-6-9-22(27)29/h3-5,7-8,10-11,13-14H,6,9,12H2,1-2H3,(H,25,30). The molecule has 0 spiro atoms. The smallest absolute Gasteiger partial charge is 0.265 e. The van der Waals surface area contributed by atoms with Crippen molar-refractivity contribution in [2.75, 3.05) is 23.9 Å². The Balaban J connectivity index is 1.42. The fraction of sp³-hybridized carbons (Fsp3) is 0.208. The number of carbonyl (C=O) groups excluding carboxylic acids is 2.